The molecule has 0 saturated carbocycles. The molecule has 0 unspecified atom stereocenters. The van der Waals surface area contributed by atoms with E-state index in [1.807, 2.05) is 0 Å². The molecule has 2 aliphatic rings. The number of rotatable bonds is 5. The molecule has 0 aliphatic carbocycles. The lowest BCUT2D eigenvalue weighted by atomic mass is 10.0. The van der Waals surface area contributed by atoms with Gasteiger partial charge in [-0.15, -0.1) is 0 Å². The molecular formula is C18H29N3O. The lowest BCUT2D eigenvalue weighted by Gasteiger charge is -2.36. The van der Waals surface area contributed by atoms with E-state index in [1.165, 1.54) is 31.7 Å². The molecule has 122 valence electrons. The van der Waals surface area contributed by atoms with Crippen molar-refractivity contribution in [3.63, 3.8) is 0 Å². The Bertz CT molecular complexity index is 425. The van der Waals surface area contributed by atoms with Crippen LogP contribution < -0.4 is 5.32 Å². The minimum atomic E-state index is 0.424. The molecule has 1 atom stereocenters. The van der Waals surface area contributed by atoms with Crippen molar-refractivity contribution in [1.82, 2.24) is 15.1 Å². The lowest BCUT2D eigenvalue weighted by molar-refractivity contribution is 0.0707. The van der Waals surface area contributed by atoms with Gasteiger partial charge in [-0.1, -0.05) is 30.3 Å². The molecule has 0 amide bonds. The van der Waals surface area contributed by atoms with E-state index in [4.69, 9.17) is 4.74 Å². The van der Waals surface area contributed by atoms with Gasteiger partial charge in [0.1, 0.15) is 0 Å². The molecule has 2 saturated heterocycles. The maximum atomic E-state index is 5.49. The SMILES string of the molecule is CN1CCN(C[C@H](NC2CCOCC2)c2ccccc2)CC1. The van der Waals surface area contributed by atoms with E-state index >= 15 is 0 Å². The fourth-order valence-electron chi connectivity index (χ4n) is 3.38. The average Bonchev–Trinajstić information content (AvgIpc) is 2.58. The van der Waals surface area contributed by atoms with Crippen LogP contribution in [-0.4, -0.2) is 68.8 Å². The smallest absolute Gasteiger partial charge is 0.0480 e. The Morgan fingerprint density at radius 2 is 1.77 bits per heavy atom. The third-order valence-electron chi connectivity index (χ3n) is 4.90. The fourth-order valence-corrected chi connectivity index (χ4v) is 3.38. The van der Waals surface area contributed by atoms with E-state index in [1.54, 1.807) is 0 Å². The van der Waals surface area contributed by atoms with Crippen molar-refractivity contribution in [2.24, 2.45) is 0 Å². The van der Waals surface area contributed by atoms with Crippen molar-refractivity contribution >= 4 is 0 Å². The van der Waals surface area contributed by atoms with E-state index in [0.717, 1.165) is 32.6 Å². The van der Waals surface area contributed by atoms with Crippen LogP contribution in [-0.2, 0) is 4.74 Å². The number of piperazine rings is 1. The summed E-state index contributed by atoms with van der Waals surface area (Å²) in [5.74, 6) is 0. The Labute approximate surface area is 134 Å². The van der Waals surface area contributed by atoms with Crippen LogP contribution in [0.25, 0.3) is 0 Å². The number of likely N-dealkylation sites (N-methyl/N-ethyl adjacent to an activating group) is 1. The zero-order valence-corrected chi connectivity index (χ0v) is 13.7. The molecule has 1 aromatic carbocycles. The van der Waals surface area contributed by atoms with E-state index in [0.29, 0.717) is 12.1 Å². The van der Waals surface area contributed by atoms with Crippen LogP contribution in [0.4, 0.5) is 0 Å². The van der Waals surface area contributed by atoms with Gasteiger partial charge in [0.25, 0.3) is 0 Å². The summed E-state index contributed by atoms with van der Waals surface area (Å²) < 4.78 is 5.49. The molecule has 3 rings (SSSR count). The van der Waals surface area contributed by atoms with Crippen LogP contribution in [0.5, 0.6) is 0 Å². The van der Waals surface area contributed by atoms with Crippen molar-refractivity contribution < 1.29 is 4.74 Å². The Hall–Kier alpha value is -0.940. The first kappa shape index (κ1) is 15.9. The Kier molecular flexibility index (Phi) is 5.84. The van der Waals surface area contributed by atoms with Gasteiger partial charge in [0.2, 0.25) is 0 Å². The zero-order chi connectivity index (χ0) is 15.2. The highest BCUT2D eigenvalue weighted by molar-refractivity contribution is 5.19. The zero-order valence-electron chi connectivity index (χ0n) is 13.7. The van der Waals surface area contributed by atoms with E-state index in [2.05, 4.69) is 52.5 Å². The number of ether oxygens (including phenoxy) is 1. The quantitative estimate of drug-likeness (QED) is 0.897. The maximum absolute atomic E-state index is 5.49. The predicted molar refractivity (Wildman–Crippen MR) is 90.1 cm³/mol. The molecule has 4 nitrogen and oxygen atoms in total. The predicted octanol–water partition coefficient (Wildman–Crippen LogP) is 1.74. The molecule has 2 heterocycles. The van der Waals surface area contributed by atoms with Gasteiger partial charge in [-0.25, -0.2) is 0 Å². The third-order valence-corrected chi connectivity index (χ3v) is 4.90. The van der Waals surface area contributed by atoms with E-state index < -0.39 is 0 Å². The highest BCUT2D eigenvalue weighted by Gasteiger charge is 2.23. The van der Waals surface area contributed by atoms with Gasteiger partial charge in [-0.2, -0.15) is 0 Å². The third kappa shape index (κ3) is 4.53. The van der Waals surface area contributed by atoms with Gasteiger partial charge in [0.05, 0.1) is 0 Å². The Morgan fingerprint density at radius 3 is 2.45 bits per heavy atom. The standard InChI is InChI=1S/C18H29N3O/c1-20-9-11-21(12-10-20)15-18(16-5-3-2-4-6-16)19-17-7-13-22-14-8-17/h2-6,17-19H,7-15H2,1H3/t18-/m0/s1. The first-order valence-electron chi connectivity index (χ1n) is 8.61. The van der Waals surface area contributed by atoms with Crippen molar-refractivity contribution in [2.45, 2.75) is 24.9 Å². The second-order valence-electron chi connectivity index (χ2n) is 6.62. The van der Waals surface area contributed by atoms with Crippen molar-refractivity contribution in [2.75, 3.05) is 53.0 Å². The molecule has 1 N–H and O–H groups in total. The normalized spacial score (nSPS) is 23.5. The lowest BCUT2D eigenvalue weighted by Crippen LogP contribution is -2.48. The summed E-state index contributed by atoms with van der Waals surface area (Å²) in [5.41, 5.74) is 1.41. The van der Waals surface area contributed by atoms with Gasteiger partial charge in [0, 0.05) is 58.0 Å². The molecule has 1 aromatic rings. The topological polar surface area (TPSA) is 27.7 Å². The number of hydrogen-bond donors (Lipinski definition) is 1. The first-order valence-corrected chi connectivity index (χ1v) is 8.61. The van der Waals surface area contributed by atoms with Crippen molar-refractivity contribution in [3.05, 3.63) is 35.9 Å². The van der Waals surface area contributed by atoms with Crippen molar-refractivity contribution in [1.29, 1.82) is 0 Å². The largest absolute Gasteiger partial charge is 0.381 e. The summed E-state index contributed by atoms with van der Waals surface area (Å²) in [6.07, 6.45) is 2.26. The molecule has 2 aliphatic heterocycles. The summed E-state index contributed by atoms with van der Waals surface area (Å²) in [6, 6.07) is 11.9. The van der Waals surface area contributed by atoms with Crippen LogP contribution >= 0.6 is 0 Å². The van der Waals surface area contributed by atoms with E-state index in [9.17, 15) is 0 Å². The monoisotopic (exact) mass is 303 g/mol. The summed E-state index contributed by atoms with van der Waals surface area (Å²) in [5, 5.41) is 3.90. The van der Waals surface area contributed by atoms with Gasteiger partial charge in [-0.05, 0) is 25.5 Å². The van der Waals surface area contributed by atoms with Crippen LogP contribution in [0, 0.1) is 0 Å². The summed E-state index contributed by atoms with van der Waals surface area (Å²) in [6.45, 7) is 7.61. The highest BCUT2D eigenvalue weighted by atomic mass is 16.5. The van der Waals surface area contributed by atoms with Crippen LogP contribution in [0.15, 0.2) is 30.3 Å². The number of nitrogens with zero attached hydrogens (tertiary/aromatic N) is 2. The Balaban J connectivity index is 1.63. The van der Waals surface area contributed by atoms with Gasteiger partial charge in [-0.3, -0.25) is 4.90 Å². The number of benzene rings is 1. The molecule has 2 fully saturated rings. The fraction of sp³-hybridized carbons (Fsp3) is 0.667. The average molecular weight is 303 g/mol. The molecule has 0 radical (unpaired) electrons. The van der Waals surface area contributed by atoms with Crippen LogP contribution in [0.2, 0.25) is 0 Å². The summed E-state index contributed by atoms with van der Waals surface area (Å²) >= 11 is 0. The summed E-state index contributed by atoms with van der Waals surface area (Å²) in [7, 11) is 2.21. The first-order chi connectivity index (χ1) is 10.8. The second kappa shape index (κ2) is 8.06. The van der Waals surface area contributed by atoms with Crippen LogP contribution in [0.3, 0.4) is 0 Å². The minimum Gasteiger partial charge on any atom is -0.381 e. The molecular weight excluding hydrogens is 274 g/mol. The minimum absolute atomic E-state index is 0.424. The van der Waals surface area contributed by atoms with Gasteiger partial charge >= 0.3 is 0 Å². The van der Waals surface area contributed by atoms with E-state index in [-0.39, 0.29) is 0 Å². The number of nitrogens with one attached hydrogen (secondary N) is 1. The molecule has 0 bridgehead atoms. The van der Waals surface area contributed by atoms with Crippen molar-refractivity contribution in [3.8, 4) is 0 Å². The maximum Gasteiger partial charge on any atom is 0.0480 e. The Morgan fingerprint density at radius 1 is 1.09 bits per heavy atom. The van der Waals surface area contributed by atoms with Crippen LogP contribution in [0.1, 0.15) is 24.4 Å². The molecule has 0 spiro atoms. The molecule has 4 heteroatoms. The summed E-state index contributed by atoms with van der Waals surface area (Å²) in [4.78, 5) is 5.02. The second-order valence-corrected chi connectivity index (χ2v) is 6.62. The molecule has 0 aromatic heterocycles. The molecule has 22 heavy (non-hydrogen) atoms. The highest BCUT2D eigenvalue weighted by Crippen LogP contribution is 2.19. The van der Waals surface area contributed by atoms with Gasteiger partial charge in [0.15, 0.2) is 0 Å². The number of hydrogen-bond acceptors (Lipinski definition) is 4. The van der Waals surface area contributed by atoms with Gasteiger partial charge < -0.3 is 15.0 Å².